The van der Waals surface area contributed by atoms with E-state index in [0.29, 0.717) is 37.6 Å². The smallest absolute Gasteiger partial charge is 0.163 e. The number of para-hydroxylation sites is 1. The summed E-state index contributed by atoms with van der Waals surface area (Å²) in [5, 5.41) is 10.3. The summed E-state index contributed by atoms with van der Waals surface area (Å²) in [5.74, 6) is 0.112. The molecule has 1 saturated heterocycles. The number of ether oxygens (including phenoxy) is 2. The van der Waals surface area contributed by atoms with E-state index in [4.69, 9.17) is 9.47 Å². The van der Waals surface area contributed by atoms with Crippen molar-refractivity contribution in [1.82, 2.24) is 4.90 Å². The van der Waals surface area contributed by atoms with Gasteiger partial charge in [0.2, 0.25) is 0 Å². The molecule has 0 aliphatic carbocycles. The molecule has 1 fully saturated rings. The van der Waals surface area contributed by atoms with E-state index in [0.717, 1.165) is 5.56 Å². The number of Topliss-reactive ketones (excluding diaryl/α,β-unsaturated/α-hetero) is 1. The van der Waals surface area contributed by atoms with Crippen LogP contribution in [-0.2, 0) is 4.74 Å². The number of rotatable bonds is 7. The van der Waals surface area contributed by atoms with Crippen LogP contribution in [0.1, 0.15) is 28.9 Å². The summed E-state index contributed by atoms with van der Waals surface area (Å²) in [7, 11) is 0. The van der Waals surface area contributed by atoms with Crippen LogP contribution >= 0.6 is 0 Å². The lowest BCUT2D eigenvalue weighted by Gasteiger charge is -2.34. The first-order chi connectivity index (χ1) is 13.0. The maximum atomic E-state index is 13.4. The monoisotopic (exact) mass is 373 g/mol. The average Bonchev–Trinajstić information content (AvgIpc) is 2.67. The fraction of sp³-hybridized carbons (Fsp3) is 0.381. The topological polar surface area (TPSA) is 59.0 Å². The van der Waals surface area contributed by atoms with Gasteiger partial charge in [0.15, 0.2) is 5.78 Å². The average molecular weight is 373 g/mol. The zero-order valence-electron chi connectivity index (χ0n) is 15.3. The second kappa shape index (κ2) is 9.08. The van der Waals surface area contributed by atoms with Crippen LogP contribution in [-0.4, -0.2) is 54.7 Å². The lowest BCUT2D eigenvalue weighted by atomic mass is 10.1. The number of aliphatic hydroxyl groups excluding tert-OH is 1. The van der Waals surface area contributed by atoms with Crippen LogP contribution in [0.2, 0.25) is 0 Å². The Bertz CT molecular complexity index is 782. The molecule has 0 radical (unpaired) electrons. The van der Waals surface area contributed by atoms with Crippen molar-refractivity contribution in [2.45, 2.75) is 19.1 Å². The summed E-state index contributed by atoms with van der Waals surface area (Å²) in [6.07, 6.45) is -0.933. The van der Waals surface area contributed by atoms with Crippen molar-refractivity contribution in [3.63, 3.8) is 0 Å². The Hall–Kier alpha value is -2.28. The molecule has 1 aliphatic heterocycles. The minimum atomic E-state index is -0.712. The molecule has 0 saturated carbocycles. The van der Waals surface area contributed by atoms with E-state index in [1.54, 1.807) is 30.3 Å². The first kappa shape index (κ1) is 19.5. The van der Waals surface area contributed by atoms with Crippen molar-refractivity contribution in [3.05, 3.63) is 65.5 Å². The highest BCUT2D eigenvalue weighted by Crippen LogP contribution is 2.23. The molecule has 5 nitrogen and oxygen atoms in total. The number of β-amino-alcohol motifs (C(OH)–C–C–N with tert-alkyl or cyclic N) is 1. The highest BCUT2D eigenvalue weighted by Gasteiger charge is 2.24. The van der Waals surface area contributed by atoms with Crippen LogP contribution in [0, 0.1) is 5.82 Å². The van der Waals surface area contributed by atoms with E-state index in [1.165, 1.54) is 19.1 Å². The van der Waals surface area contributed by atoms with Gasteiger partial charge in [-0.3, -0.25) is 9.69 Å². The molecule has 6 heteroatoms. The summed E-state index contributed by atoms with van der Waals surface area (Å²) < 4.78 is 24.8. The molecule has 27 heavy (non-hydrogen) atoms. The first-order valence-corrected chi connectivity index (χ1v) is 9.03. The fourth-order valence-corrected chi connectivity index (χ4v) is 3.20. The van der Waals surface area contributed by atoms with Gasteiger partial charge >= 0.3 is 0 Å². The highest BCUT2D eigenvalue weighted by atomic mass is 19.1. The maximum absolute atomic E-state index is 13.4. The van der Waals surface area contributed by atoms with E-state index in [2.05, 4.69) is 4.90 Å². The standard InChI is InChI=1S/C21H24FNO4/c1-15(24)19-7-2-3-8-20(19)27-14-18(25)12-23-9-10-26-21(13-23)16-5-4-6-17(22)11-16/h2-8,11,18,21,25H,9-10,12-14H2,1H3. The van der Waals surface area contributed by atoms with Crippen molar-refractivity contribution >= 4 is 5.78 Å². The number of hydrogen-bond acceptors (Lipinski definition) is 5. The van der Waals surface area contributed by atoms with E-state index in [9.17, 15) is 14.3 Å². The fourth-order valence-electron chi connectivity index (χ4n) is 3.20. The quantitative estimate of drug-likeness (QED) is 0.757. The van der Waals surface area contributed by atoms with Crippen LogP contribution in [0.25, 0.3) is 0 Å². The van der Waals surface area contributed by atoms with Gasteiger partial charge in [0.1, 0.15) is 24.3 Å². The van der Waals surface area contributed by atoms with Gasteiger partial charge in [0.05, 0.1) is 18.3 Å². The highest BCUT2D eigenvalue weighted by molar-refractivity contribution is 5.96. The third-order valence-corrected chi connectivity index (χ3v) is 4.54. The molecule has 1 heterocycles. The normalized spacial score (nSPS) is 18.9. The van der Waals surface area contributed by atoms with Crippen molar-refractivity contribution < 1.29 is 23.8 Å². The number of halogens is 1. The molecule has 2 aromatic rings. The summed E-state index contributed by atoms with van der Waals surface area (Å²) in [5.41, 5.74) is 1.29. The summed E-state index contributed by atoms with van der Waals surface area (Å²) in [6, 6.07) is 13.4. The Balaban J connectivity index is 1.53. The molecule has 144 valence electrons. The van der Waals surface area contributed by atoms with Gasteiger partial charge in [-0.1, -0.05) is 24.3 Å². The number of nitrogens with zero attached hydrogens (tertiary/aromatic N) is 1. The molecule has 2 unspecified atom stereocenters. The van der Waals surface area contributed by atoms with Gasteiger partial charge in [-0.25, -0.2) is 4.39 Å². The Morgan fingerprint density at radius 1 is 1.33 bits per heavy atom. The SMILES string of the molecule is CC(=O)c1ccccc1OCC(O)CN1CCOC(c2cccc(F)c2)C1. The largest absolute Gasteiger partial charge is 0.490 e. The third-order valence-electron chi connectivity index (χ3n) is 4.54. The number of morpholine rings is 1. The first-order valence-electron chi connectivity index (χ1n) is 9.03. The molecule has 0 amide bonds. The van der Waals surface area contributed by atoms with Gasteiger partial charge in [-0.05, 0) is 36.8 Å². The predicted molar refractivity (Wildman–Crippen MR) is 99.5 cm³/mol. The van der Waals surface area contributed by atoms with Crippen LogP contribution in [0.5, 0.6) is 5.75 Å². The minimum absolute atomic E-state index is 0.0776. The Morgan fingerprint density at radius 2 is 2.15 bits per heavy atom. The second-order valence-corrected chi connectivity index (χ2v) is 6.69. The van der Waals surface area contributed by atoms with Gasteiger partial charge in [-0.2, -0.15) is 0 Å². The van der Waals surface area contributed by atoms with Gasteiger partial charge in [0.25, 0.3) is 0 Å². The van der Waals surface area contributed by atoms with Crippen molar-refractivity contribution in [3.8, 4) is 5.75 Å². The lowest BCUT2D eigenvalue weighted by Crippen LogP contribution is -2.43. The zero-order valence-corrected chi connectivity index (χ0v) is 15.3. The molecule has 2 atom stereocenters. The number of carbonyl (C=O) groups excluding carboxylic acids is 1. The molecule has 0 spiro atoms. The van der Waals surface area contributed by atoms with Crippen LogP contribution in [0.15, 0.2) is 48.5 Å². The molecule has 0 aromatic heterocycles. The molecule has 0 bridgehead atoms. The molecule has 2 aromatic carbocycles. The van der Waals surface area contributed by atoms with Crippen LogP contribution in [0.4, 0.5) is 4.39 Å². The zero-order chi connectivity index (χ0) is 19.2. The van der Waals surface area contributed by atoms with E-state index in [1.807, 2.05) is 6.07 Å². The molecule has 3 rings (SSSR count). The minimum Gasteiger partial charge on any atom is -0.490 e. The van der Waals surface area contributed by atoms with Gasteiger partial charge in [-0.15, -0.1) is 0 Å². The summed E-state index contributed by atoms with van der Waals surface area (Å²) in [4.78, 5) is 13.7. The summed E-state index contributed by atoms with van der Waals surface area (Å²) in [6.45, 7) is 3.77. The molecule has 1 aliphatic rings. The number of ketones is 1. The lowest BCUT2D eigenvalue weighted by molar-refractivity contribution is -0.0460. The Morgan fingerprint density at radius 3 is 2.93 bits per heavy atom. The van der Waals surface area contributed by atoms with E-state index < -0.39 is 6.10 Å². The maximum Gasteiger partial charge on any atom is 0.163 e. The predicted octanol–water partition coefficient (Wildman–Crippen LogP) is 2.84. The van der Waals surface area contributed by atoms with E-state index in [-0.39, 0.29) is 24.3 Å². The van der Waals surface area contributed by atoms with Gasteiger partial charge in [0, 0.05) is 19.6 Å². The summed E-state index contributed by atoms with van der Waals surface area (Å²) >= 11 is 0. The number of carbonyl (C=O) groups is 1. The number of aliphatic hydroxyl groups is 1. The van der Waals surface area contributed by atoms with E-state index >= 15 is 0 Å². The molecule has 1 N–H and O–H groups in total. The number of benzene rings is 2. The number of hydrogen-bond donors (Lipinski definition) is 1. The second-order valence-electron chi connectivity index (χ2n) is 6.69. The molecular weight excluding hydrogens is 349 g/mol. The van der Waals surface area contributed by atoms with Crippen LogP contribution in [0.3, 0.4) is 0 Å². The van der Waals surface area contributed by atoms with Crippen molar-refractivity contribution in [2.75, 3.05) is 32.8 Å². The third kappa shape index (κ3) is 5.35. The van der Waals surface area contributed by atoms with Gasteiger partial charge < -0.3 is 14.6 Å². The van der Waals surface area contributed by atoms with Crippen LogP contribution < -0.4 is 4.74 Å². The molecular formula is C21H24FNO4. The Labute approximate surface area is 158 Å². The Kier molecular flexibility index (Phi) is 6.55. The van der Waals surface area contributed by atoms with Crippen molar-refractivity contribution in [1.29, 1.82) is 0 Å². The van der Waals surface area contributed by atoms with Crippen molar-refractivity contribution in [2.24, 2.45) is 0 Å².